The number of carbonyl (C=O) groups is 2. The van der Waals surface area contributed by atoms with E-state index in [-0.39, 0.29) is 35.6 Å². The molecule has 3 saturated heterocycles. The minimum atomic E-state index is -0.487. The summed E-state index contributed by atoms with van der Waals surface area (Å²) >= 11 is 0. The standard InChI is InChI=1S/C38H52N8O6/c1-24(2)35(37(48)45-14-11-28(23-45)51-38(49)25(3)4)33-20-34(42-52-33)50-18-17-43-12-9-26(10-13-43)44-15-16-46-27(22-44)21-39-36-31(46)19-30(40-41-36)29-7-5-6-8-32(29)47/h5-8,19-20,24-28,35,47H,9-18,21-23H2,1-4H3,(H,39,41)/t27-,28+,35+/m0/s1. The molecule has 280 valence electrons. The first-order valence-electron chi connectivity index (χ1n) is 18.9. The van der Waals surface area contributed by atoms with Crippen LogP contribution in [0.2, 0.25) is 0 Å². The number of aromatic hydroxyl groups is 1. The number of aromatic nitrogens is 3. The van der Waals surface area contributed by atoms with E-state index in [2.05, 4.69) is 35.4 Å². The molecule has 3 atom stereocenters. The van der Waals surface area contributed by atoms with E-state index in [4.69, 9.17) is 14.0 Å². The van der Waals surface area contributed by atoms with Gasteiger partial charge in [0, 0.05) is 63.4 Å². The number of benzene rings is 1. The summed E-state index contributed by atoms with van der Waals surface area (Å²) in [4.78, 5) is 34.9. The molecule has 0 spiro atoms. The van der Waals surface area contributed by atoms with Crippen LogP contribution >= 0.6 is 0 Å². The first-order valence-corrected chi connectivity index (χ1v) is 18.9. The van der Waals surface area contributed by atoms with Crippen molar-refractivity contribution in [2.75, 3.05) is 75.7 Å². The average Bonchev–Trinajstić information content (AvgIpc) is 3.81. The summed E-state index contributed by atoms with van der Waals surface area (Å²) in [6.45, 7) is 15.6. The molecule has 0 saturated carbocycles. The molecule has 52 heavy (non-hydrogen) atoms. The van der Waals surface area contributed by atoms with E-state index in [9.17, 15) is 14.7 Å². The number of phenols is 1. The Morgan fingerprint density at radius 3 is 2.56 bits per heavy atom. The van der Waals surface area contributed by atoms with Crippen molar-refractivity contribution in [1.82, 2.24) is 30.1 Å². The van der Waals surface area contributed by atoms with E-state index in [1.54, 1.807) is 17.0 Å². The number of anilines is 2. The second kappa shape index (κ2) is 15.7. The van der Waals surface area contributed by atoms with Gasteiger partial charge in [-0.2, -0.15) is 0 Å². The van der Waals surface area contributed by atoms with Crippen molar-refractivity contribution in [3.63, 3.8) is 0 Å². The number of hydrogen-bond donors (Lipinski definition) is 2. The minimum absolute atomic E-state index is 0.00256. The quantitative estimate of drug-likeness (QED) is 0.277. The number of esters is 1. The van der Waals surface area contributed by atoms with Crippen molar-refractivity contribution in [2.45, 2.75) is 71.1 Å². The van der Waals surface area contributed by atoms with Crippen molar-refractivity contribution < 1.29 is 28.7 Å². The fraction of sp³-hybridized carbons (Fsp3) is 0.605. The third kappa shape index (κ3) is 7.82. The van der Waals surface area contributed by atoms with Gasteiger partial charge in [0.1, 0.15) is 24.4 Å². The number of piperidine rings is 1. The molecule has 2 aromatic heterocycles. The number of nitrogens with zero attached hydrogens (tertiary/aromatic N) is 7. The molecule has 0 aliphatic carbocycles. The number of likely N-dealkylation sites (tertiary alicyclic amines) is 2. The Labute approximate surface area is 305 Å². The van der Waals surface area contributed by atoms with Crippen LogP contribution in [0.3, 0.4) is 0 Å². The highest BCUT2D eigenvalue weighted by atomic mass is 16.5. The second-order valence-electron chi connectivity index (χ2n) is 15.2. The van der Waals surface area contributed by atoms with Gasteiger partial charge in [0.05, 0.1) is 29.9 Å². The predicted molar refractivity (Wildman–Crippen MR) is 195 cm³/mol. The van der Waals surface area contributed by atoms with Crippen LogP contribution in [0.4, 0.5) is 11.5 Å². The van der Waals surface area contributed by atoms with Gasteiger partial charge in [0.25, 0.3) is 5.88 Å². The number of hydrogen-bond acceptors (Lipinski definition) is 13. The summed E-state index contributed by atoms with van der Waals surface area (Å²) in [5.41, 5.74) is 2.42. The Morgan fingerprint density at radius 1 is 0.981 bits per heavy atom. The smallest absolute Gasteiger partial charge is 0.308 e. The van der Waals surface area contributed by atoms with Crippen LogP contribution in [0.25, 0.3) is 11.3 Å². The van der Waals surface area contributed by atoms with Crippen LogP contribution in [-0.2, 0) is 14.3 Å². The van der Waals surface area contributed by atoms with E-state index in [1.165, 1.54) is 0 Å². The molecule has 14 heteroatoms. The Kier molecular flexibility index (Phi) is 10.8. The number of phenolic OH excluding ortho intramolecular Hbond substituents is 1. The van der Waals surface area contributed by atoms with Gasteiger partial charge >= 0.3 is 5.97 Å². The van der Waals surface area contributed by atoms with Gasteiger partial charge in [0.15, 0.2) is 11.6 Å². The van der Waals surface area contributed by atoms with Crippen LogP contribution in [0.15, 0.2) is 40.9 Å². The molecular formula is C38H52N8O6. The number of amides is 1. The summed E-state index contributed by atoms with van der Waals surface area (Å²) in [7, 11) is 0. The summed E-state index contributed by atoms with van der Waals surface area (Å²) in [5.74, 6) is 0.945. The zero-order valence-corrected chi connectivity index (χ0v) is 30.7. The number of carbonyl (C=O) groups excluding carboxylic acids is 2. The van der Waals surface area contributed by atoms with Gasteiger partial charge in [-0.1, -0.05) is 39.8 Å². The summed E-state index contributed by atoms with van der Waals surface area (Å²) < 4.78 is 17.2. The normalized spacial score (nSPS) is 21.9. The zero-order chi connectivity index (χ0) is 36.4. The van der Waals surface area contributed by atoms with E-state index in [0.29, 0.717) is 61.1 Å². The predicted octanol–water partition coefficient (Wildman–Crippen LogP) is 3.84. The lowest BCUT2D eigenvalue weighted by Gasteiger charge is -2.49. The maximum atomic E-state index is 13.5. The SMILES string of the molecule is CC(C)C(=O)O[C@@H]1CCN(C(=O)[C@@H](c2cc(OCCN3CCC(N4CCN5c6cc(-c7ccccc7O)nnc6NC[C@H]5C4)CC3)no2)C(C)C)C1. The molecule has 0 radical (unpaired) electrons. The average molecular weight is 717 g/mol. The Bertz CT molecular complexity index is 1710. The fourth-order valence-electron chi connectivity index (χ4n) is 8.00. The third-order valence-electron chi connectivity index (χ3n) is 11.0. The minimum Gasteiger partial charge on any atom is -0.507 e. The molecule has 1 aromatic carbocycles. The number of fused-ring (bicyclic) bond motifs is 3. The molecular weight excluding hydrogens is 664 g/mol. The maximum Gasteiger partial charge on any atom is 0.308 e. The number of nitrogens with one attached hydrogen (secondary N) is 1. The lowest BCUT2D eigenvalue weighted by atomic mass is 9.92. The number of ether oxygens (including phenoxy) is 2. The molecule has 3 aromatic rings. The van der Waals surface area contributed by atoms with Crippen molar-refractivity contribution in [3.05, 3.63) is 42.2 Å². The van der Waals surface area contributed by atoms with Gasteiger partial charge in [0.2, 0.25) is 5.91 Å². The summed E-state index contributed by atoms with van der Waals surface area (Å²) in [5, 5.41) is 26.8. The highest BCUT2D eigenvalue weighted by Crippen LogP contribution is 2.37. The van der Waals surface area contributed by atoms with Crippen molar-refractivity contribution in [1.29, 1.82) is 0 Å². The monoisotopic (exact) mass is 716 g/mol. The van der Waals surface area contributed by atoms with Crippen molar-refractivity contribution >= 4 is 23.4 Å². The Morgan fingerprint density at radius 2 is 1.79 bits per heavy atom. The van der Waals surface area contributed by atoms with Crippen LogP contribution in [0.1, 0.15) is 58.6 Å². The maximum absolute atomic E-state index is 13.5. The van der Waals surface area contributed by atoms with E-state index in [1.807, 2.05) is 52.0 Å². The van der Waals surface area contributed by atoms with Gasteiger partial charge < -0.3 is 34.2 Å². The van der Waals surface area contributed by atoms with Gasteiger partial charge in [-0.15, -0.1) is 10.2 Å². The second-order valence-corrected chi connectivity index (χ2v) is 15.2. The Hall–Kier alpha value is -4.43. The van der Waals surface area contributed by atoms with Crippen LogP contribution in [0.5, 0.6) is 11.6 Å². The lowest BCUT2D eigenvalue weighted by Crippen LogP contribution is -2.61. The lowest BCUT2D eigenvalue weighted by molar-refractivity contribution is -0.153. The van der Waals surface area contributed by atoms with E-state index in [0.717, 1.165) is 70.2 Å². The van der Waals surface area contributed by atoms with E-state index >= 15 is 0 Å². The molecule has 1 amide bonds. The van der Waals surface area contributed by atoms with Gasteiger partial charge in [-0.05, 0) is 55.2 Å². The van der Waals surface area contributed by atoms with Gasteiger partial charge in [-0.3, -0.25) is 19.4 Å². The molecule has 0 unspecified atom stereocenters. The summed E-state index contributed by atoms with van der Waals surface area (Å²) in [6.07, 6.45) is 2.59. The molecule has 3 fully saturated rings. The third-order valence-corrected chi connectivity index (χ3v) is 11.0. The van der Waals surface area contributed by atoms with Crippen LogP contribution in [-0.4, -0.2) is 131 Å². The number of piperazine rings is 1. The highest BCUT2D eigenvalue weighted by Gasteiger charge is 2.38. The summed E-state index contributed by atoms with van der Waals surface area (Å²) in [6, 6.07) is 11.9. The fourth-order valence-corrected chi connectivity index (χ4v) is 8.00. The molecule has 7 rings (SSSR count). The van der Waals surface area contributed by atoms with Crippen molar-refractivity contribution in [2.24, 2.45) is 11.8 Å². The largest absolute Gasteiger partial charge is 0.507 e. The van der Waals surface area contributed by atoms with Gasteiger partial charge in [-0.25, -0.2) is 0 Å². The molecule has 0 bridgehead atoms. The molecule has 6 heterocycles. The molecule has 4 aliphatic rings. The first-order chi connectivity index (χ1) is 25.1. The number of rotatable bonds is 11. The zero-order valence-electron chi connectivity index (χ0n) is 30.7. The first kappa shape index (κ1) is 36.0. The number of para-hydroxylation sites is 1. The van der Waals surface area contributed by atoms with Crippen LogP contribution in [0, 0.1) is 11.8 Å². The molecule has 4 aliphatic heterocycles. The van der Waals surface area contributed by atoms with Crippen LogP contribution < -0.4 is 15.0 Å². The topological polar surface area (TPSA) is 150 Å². The molecule has 2 N–H and O–H groups in total. The van der Waals surface area contributed by atoms with E-state index < -0.39 is 5.92 Å². The Balaban J connectivity index is 0.858. The highest BCUT2D eigenvalue weighted by molar-refractivity contribution is 5.84. The molecule has 14 nitrogen and oxygen atoms in total. The van der Waals surface area contributed by atoms with Crippen molar-refractivity contribution in [3.8, 4) is 22.9 Å².